The van der Waals surface area contributed by atoms with Crippen molar-refractivity contribution in [3.63, 3.8) is 0 Å². The quantitative estimate of drug-likeness (QED) is 0.0442. The third-order valence-corrected chi connectivity index (χ3v) is 14.7. The summed E-state index contributed by atoms with van der Waals surface area (Å²) in [6.07, 6.45) is 5.93. The molecular weight excluding hydrogens is 855 g/mol. The summed E-state index contributed by atoms with van der Waals surface area (Å²) < 4.78 is 86.8. The maximum Gasteiger partial charge on any atom is 0.325 e. The highest BCUT2D eigenvalue weighted by Crippen LogP contribution is 2.50. The van der Waals surface area contributed by atoms with E-state index in [2.05, 4.69) is 5.87 Å². The van der Waals surface area contributed by atoms with Gasteiger partial charge in [0.2, 0.25) is 5.69 Å². The van der Waals surface area contributed by atoms with Crippen molar-refractivity contribution in [1.82, 2.24) is 0 Å². The molecule has 0 saturated carbocycles. The number of hydrogen-bond donors (Lipinski definition) is 5. The molecule has 0 aliphatic carbocycles. The number of allylic oxidation sites excluding steroid dienone is 4. The molecule has 0 amide bonds. The minimum Gasteiger partial charge on any atom is -0.774 e. The minimum atomic E-state index is -4.80. The molecule has 0 radical (unpaired) electrons. The van der Waals surface area contributed by atoms with Gasteiger partial charge in [0.1, 0.15) is 16.7 Å². The van der Waals surface area contributed by atoms with E-state index >= 15 is 0 Å². The Morgan fingerprint density at radius 3 is 2.05 bits per heavy atom. The lowest BCUT2D eigenvalue weighted by Gasteiger charge is -2.28. The van der Waals surface area contributed by atoms with Gasteiger partial charge in [0.05, 0.1) is 22.6 Å². The van der Waals surface area contributed by atoms with Gasteiger partial charge in [0.25, 0.3) is 0 Å². The molecule has 60 heavy (non-hydrogen) atoms. The number of carboxylic acids is 1. The topological polar surface area (TPSA) is 256 Å². The molecule has 3 aromatic rings. The van der Waals surface area contributed by atoms with Crippen LogP contribution in [0.2, 0.25) is 0 Å². The fraction of sp³-hybridized carbons (Fsp3) is 0.390. The Kier molecular flexibility index (Phi) is 13.9. The summed E-state index contributed by atoms with van der Waals surface area (Å²) in [7, 11) is -17.3. The van der Waals surface area contributed by atoms with Crippen molar-refractivity contribution in [2.45, 2.75) is 86.3 Å². The highest BCUT2D eigenvalue weighted by atomic mass is 32.2. The van der Waals surface area contributed by atoms with Crippen molar-refractivity contribution in [2.24, 2.45) is 0 Å². The molecular formula is C41H51N2O13P2S2-. The summed E-state index contributed by atoms with van der Waals surface area (Å²) in [4.78, 5) is 51.3. The van der Waals surface area contributed by atoms with Crippen LogP contribution in [-0.4, -0.2) is 94.0 Å². The van der Waals surface area contributed by atoms with Crippen molar-refractivity contribution >= 4 is 64.0 Å². The van der Waals surface area contributed by atoms with E-state index in [4.69, 9.17) is 0 Å². The molecule has 5 N–H and O–H groups in total. The first kappa shape index (κ1) is 47.3. The van der Waals surface area contributed by atoms with Gasteiger partial charge in [0, 0.05) is 64.7 Å². The number of aryl methyl sites for hydroxylation is 1. The van der Waals surface area contributed by atoms with Crippen LogP contribution in [0, 0.1) is 0 Å². The number of hydrogen-bond acceptors (Lipinski definition) is 9. The summed E-state index contributed by atoms with van der Waals surface area (Å²) in [5.41, 5.74) is 3.94. The monoisotopic (exact) mass is 905 g/mol. The Balaban J connectivity index is 1.63. The van der Waals surface area contributed by atoms with Gasteiger partial charge < -0.3 is 38.7 Å². The van der Waals surface area contributed by atoms with E-state index in [9.17, 15) is 60.3 Å². The van der Waals surface area contributed by atoms with Crippen molar-refractivity contribution in [3.8, 4) is 0 Å². The van der Waals surface area contributed by atoms with Crippen molar-refractivity contribution < 1.29 is 64.9 Å². The predicted octanol–water partition coefficient (Wildman–Crippen LogP) is 5.74. The normalized spacial score (nSPS) is 18.5. The highest BCUT2D eigenvalue weighted by molar-refractivity contribution is 7.95. The Bertz CT molecular complexity index is 2570. The van der Waals surface area contributed by atoms with E-state index < -0.39 is 56.8 Å². The molecule has 0 bridgehead atoms. The van der Waals surface area contributed by atoms with Gasteiger partial charge in [-0.2, -0.15) is 4.58 Å². The van der Waals surface area contributed by atoms with Crippen LogP contribution in [0.1, 0.15) is 81.5 Å². The molecule has 0 spiro atoms. The molecule has 2 aliphatic heterocycles. The summed E-state index contributed by atoms with van der Waals surface area (Å²) in [5, 5.41) is 9.24. The molecule has 2 aliphatic rings. The number of rotatable bonds is 18. The van der Waals surface area contributed by atoms with E-state index in [1.165, 1.54) is 24.3 Å². The van der Waals surface area contributed by atoms with Crippen molar-refractivity contribution in [3.05, 3.63) is 107 Å². The second-order valence-corrected chi connectivity index (χ2v) is 22.9. The molecule has 5 rings (SSSR count). The first-order valence-corrected chi connectivity index (χ1v) is 25.8. The smallest absolute Gasteiger partial charge is 0.325 e. The standard InChI is InChI=1S/C41H52N2O13P2S2/c1-40(2)33-26-31(59(5,52)53)15-17-35(33)42(22-6-24-57(46,47)48)37(40)19-13-30(29-11-8-28(9-12-29)10-21-39(44)45)14-20-38-41(3,4)34-27-32(60(54,55)56)16-18-36(34)43(38)23-7-25-58(49,50)51/h8-9,11-13,15-20,26-27,30H,5-7,10,14,21-25H2,1-4H3,(H6-,44,45,46,47,48,49,50,51,52,53,54,55,56)/p-1/b19-13+,38-20+. The van der Waals surface area contributed by atoms with Crippen LogP contribution >= 0.6 is 15.2 Å². The van der Waals surface area contributed by atoms with Crippen LogP contribution in [0.4, 0.5) is 11.4 Å². The zero-order valence-electron chi connectivity index (χ0n) is 33.8. The van der Waals surface area contributed by atoms with Crippen LogP contribution in [-0.2, 0) is 51.1 Å². The second kappa shape index (κ2) is 17.6. The molecule has 15 nitrogen and oxygen atoms in total. The maximum atomic E-state index is 12.5. The molecule has 0 aromatic heterocycles. The van der Waals surface area contributed by atoms with E-state index in [1.54, 1.807) is 12.1 Å². The average Bonchev–Trinajstić information content (AvgIpc) is 3.46. The predicted molar refractivity (Wildman–Crippen MR) is 228 cm³/mol. The number of anilines is 1. The van der Waals surface area contributed by atoms with Gasteiger partial charge in [-0.25, -0.2) is 8.42 Å². The number of carbonyl (C=O) groups is 1. The van der Waals surface area contributed by atoms with Crippen LogP contribution in [0.15, 0.2) is 94.4 Å². The molecule has 326 valence electrons. The molecule has 0 fully saturated rings. The number of carboxylic acid groups (broad SMARTS) is 1. The first-order chi connectivity index (χ1) is 27.6. The summed E-state index contributed by atoms with van der Waals surface area (Å²) in [6, 6.07) is 16.2. The first-order valence-electron chi connectivity index (χ1n) is 19.1. The van der Waals surface area contributed by atoms with Crippen molar-refractivity contribution in [1.29, 1.82) is 0 Å². The number of aliphatic carboxylic acids is 1. The van der Waals surface area contributed by atoms with Gasteiger partial charge in [-0.3, -0.25) is 18.1 Å². The minimum absolute atomic E-state index is 0.0210. The van der Waals surface area contributed by atoms with Crippen LogP contribution in [0.3, 0.4) is 0 Å². The van der Waals surface area contributed by atoms with Gasteiger partial charge >= 0.3 is 21.2 Å². The Hall–Kier alpha value is -3.73. The third-order valence-electron chi connectivity index (χ3n) is 11.1. The van der Waals surface area contributed by atoms with Crippen molar-refractivity contribution in [2.75, 3.05) is 30.3 Å². The summed E-state index contributed by atoms with van der Waals surface area (Å²) in [6.45, 7) is 7.97. The number of nitrogens with zero attached hydrogens (tertiary/aromatic N) is 2. The Labute approximate surface area is 351 Å². The highest BCUT2D eigenvalue weighted by Gasteiger charge is 2.45. The lowest BCUT2D eigenvalue weighted by Crippen LogP contribution is -2.28. The average molecular weight is 906 g/mol. The van der Waals surface area contributed by atoms with Gasteiger partial charge in [0.15, 0.2) is 5.71 Å². The van der Waals surface area contributed by atoms with Gasteiger partial charge in [-0.05, 0) is 80.1 Å². The molecule has 2 atom stereocenters. The molecule has 2 unspecified atom stereocenters. The SMILES string of the molecule is C=S(=O)([O-])c1ccc2c(c1)C(C)(C)C(/C=C/C(C/C=C1/N(CCCP(=O)(O)O)c3ccc(S(=O)(=O)[O-])cc3C1(C)C)c1ccc(CCC(=O)O)cc1)=[N+]2CCCP(=O)(O)O. The lowest BCUT2D eigenvalue weighted by molar-refractivity contribution is -0.437. The fourth-order valence-electron chi connectivity index (χ4n) is 8.03. The second-order valence-electron chi connectivity index (χ2n) is 16.3. The number of benzene rings is 3. The molecule has 3 aromatic carbocycles. The zero-order chi connectivity index (χ0) is 44.6. The maximum absolute atomic E-state index is 12.5. The molecule has 19 heteroatoms. The van der Waals surface area contributed by atoms with E-state index in [0.29, 0.717) is 41.0 Å². The third kappa shape index (κ3) is 11.2. The summed E-state index contributed by atoms with van der Waals surface area (Å²) >= 11 is 0. The fourth-order valence-corrected chi connectivity index (χ4v) is 10.2. The zero-order valence-corrected chi connectivity index (χ0v) is 37.2. The van der Waals surface area contributed by atoms with E-state index in [-0.39, 0.29) is 55.5 Å². The summed E-state index contributed by atoms with van der Waals surface area (Å²) in [5.74, 6) is 2.00. The van der Waals surface area contributed by atoms with E-state index in [0.717, 1.165) is 16.8 Å². The Morgan fingerprint density at radius 2 is 1.47 bits per heavy atom. The van der Waals surface area contributed by atoms with Gasteiger partial charge in [-0.1, -0.05) is 65.9 Å². The van der Waals surface area contributed by atoms with Gasteiger partial charge in [-0.15, -0.1) is 0 Å². The van der Waals surface area contributed by atoms with Crippen LogP contribution in [0.25, 0.3) is 0 Å². The van der Waals surface area contributed by atoms with Crippen LogP contribution < -0.4 is 4.90 Å². The Morgan fingerprint density at radius 1 is 0.867 bits per heavy atom. The molecule has 0 saturated heterocycles. The molecule has 2 heterocycles. The largest absolute Gasteiger partial charge is 0.774 e. The van der Waals surface area contributed by atoms with Crippen LogP contribution in [0.5, 0.6) is 0 Å². The number of fused-ring (bicyclic) bond motifs is 2. The lowest BCUT2D eigenvalue weighted by atomic mass is 9.80. The van der Waals surface area contributed by atoms with E-state index in [1.807, 2.05) is 79.7 Å².